The fourth-order valence-electron chi connectivity index (χ4n) is 2.60. The number of nitrogens with zero attached hydrogens (tertiary/aromatic N) is 3. The lowest BCUT2D eigenvalue weighted by atomic mass is 10.2. The second kappa shape index (κ2) is 7.02. The number of halogens is 1. The lowest BCUT2D eigenvalue weighted by Gasteiger charge is -2.15. The van der Waals surface area contributed by atoms with Gasteiger partial charge in [0, 0.05) is 25.5 Å². The predicted octanol–water partition coefficient (Wildman–Crippen LogP) is 4.02. The fourth-order valence-corrected chi connectivity index (χ4v) is 2.76. The van der Waals surface area contributed by atoms with E-state index in [1.165, 1.54) is 5.56 Å². The highest BCUT2D eigenvalue weighted by atomic mass is 35.5. The Balaban J connectivity index is 1.64. The van der Waals surface area contributed by atoms with Crippen LogP contribution in [-0.4, -0.2) is 27.9 Å². The van der Waals surface area contributed by atoms with Gasteiger partial charge in [-0.3, -0.25) is 4.90 Å². The van der Waals surface area contributed by atoms with E-state index in [2.05, 4.69) is 29.1 Å². The van der Waals surface area contributed by atoms with Crippen LogP contribution in [0.4, 0.5) is 0 Å². The predicted molar refractivity (Wildman–Crippen MR) is 93.0 cm³/mol. The summed E-state index contributed by atoms with van der Waals surface area (Å²) in [4.78, 5) is 6.85. The Morgan fingerprint density at radius 1 is 1.09 bits per heavy atom. The van der Waals surface area contributed by atoms with Crippen LogP contribution >= 0.6 is 11.6 Å². The van der Waals surface area contributed by atoms with Crippen molar-refractivity contribution in [1.29, 1.82) is 0 Å². The van der Waals surface area contributed by atoms with Crippen molar-refractivity contribution in [3.63, 3.8) is 0 Å². The van der Waals surface area contributed by atoms with Crippen LogP contribution < -0.4 is 4.74 Å². The second-order valence-corrected chi connectivity index (χ2v) is 6.03. The molecule has 0 aliphatic rings. The molecule has 2 aromatic heterocycles. The average molecular weight is 330 g/mol. The number of rotatable bonds is 6. The van der Waals surface area contributed by atoms with Gasteiger partial charge in [0.25, 0.3) is 0 Å². The van der Waals surface area contributed by atoms with Gasteiger partial charge < -0.3 is 9.14 Å². The quantitative estimate of drug-likeness (QED) is 0.684. The van der Waals surface area contributed by atoms with E-state index in [1.807, 2.05) is 48.0 Å². The largest absolute Gasteiger partial charge is 0.494 e. The van der Waals surface area contributed by atoms with Crippen LogP contribution in [0.5, 0.6) is 5.75 Å². The summed E-state index contributed by atoms with van der Waals surface area (Å²) in [5, 5.41) is 0.712. The van der Waals surface area contributed by atoms with Gasteiger partial charge in [-0.2, -0.15) is 0 Å². The second-order valence-electron chi connectivity index (χ2n) is 5.59. The molecule has 23 heavy (non-hydrogen) atoms. The first kappa shape index (κ1) is 15.8. The van der Waals surface area contributed by atoms with Gasteiger partial charge in [0.1, 0.15) is 11.4 Å². The minimum absolute atomic E-state index is 0.692. The Hall–Kier alpha value is -2.04. The highest BCUT2D eigenvalue weighted by Gasteiger charge is 2.06. The molecule has 3 rings (SSSR count). The number of imidazole rings is 1. The van der Waals surface area contributed by atoms with E-state index >= 15 is 0 Å². The molecular weight excluding hydrogens is 310 g/mol. The minimum atomic E-state index is 0.692. The Morgan fingerprint density at radius 2 is 1.87 bits per heavy atom. The molecule has 0 radical (unpaired) electrons. The van der Waals surface area contributed by atoms with Gasteiger partial charge in [-0.15, -0.1) is 0 Å². The lowest BCUT2D eigenvalue weighted by Crippen LogP contribution is -2.17. The maximum atomic E-state index is 6.01. The van der Waals surface area contributed by atoms with Crippen LogP contribution in [0, 0.1) is 0 Å². The van der Waals surface area contributed by atoms with Crippen molar-refractivity contribution in [2.45, 2.75) is 20.0 Å². The first-order chi connectivity index (χ1) is 11.1. The fraction of sp³-hybridized carbons (Fsp3) is 0.278. The highest BCUT2D eigenvalue weighted by Crippen LogP contribution is 2.15. The van der Waals surface area contributed by atoms with E-state index in [4.69, 9.17) is 16.3 Å². The van der Waals surface area contributed by atoms with Crippen LogP contribution in [0.25, 0.3) is 5.65 Å². The third-order valence-corrected chi connectivity index (χ3v) is 3.81. The van der Waals surface area contributed by atoms with Crippen LogP contribution in [-0.2, 0) is 13.1 Å². The molecule has 120 valence electrons. The first-order valence-electron chi connectivity index (χ1n) is 7.67. The van der Waals surface area contributed by atoms with E-state index in [1.54, 1.807) is 0 Å². The van der Waals surface area contributed by atoms with Gasteiger partial charge in [-0.1, -0.05) is 23.7 Å². The van der Waals surface area contributed by atoms with E-state index < -0.39 is 0 Å². The summed E-state index contributed by atoms with van der Waals surface area (Å²) in [6.45, 7) is 4.33. The normalized spacial score (nSPS) is 11.3. The number of ether oxygens (including phenoxy) is 1. The Bertz CT molecular complexity index is 783. The minimum Gasteiger partial charge on any atom is -0.494 e. The zero-order valence-electron chi connectivity index (χ0n) is 13.4. The summed E-state index contributed by atoms with van der Waals surface area (Å²) in [6, 6.07) is 12.0. The summed E-state index contributed by atoms with van der Waals surface area (Å²) in [6.07, 6.45) is 3.90. The molecule has 5 heteroatoms. The number of aromatic nitrogens is 2. The summed E-state index contributed by atoms with van der Waals surface area (Å²) >= 11 is 6.01. The highest BCUT2D eigenvalue weighted by molar-refractivity contribution is 6.30. The van der Waals surface area contributed by atoms with Crippen molar-refractivity contribution in [1.82, 2.24) is 14.3 Å². The molecule has 2 heterocycles. The number of hydrogen-bond acceptors (Lipinski definition) is 3. The van der Waals surface area contributed by atoms with Crippen molar-refractivity contribution < 1.29 is 4.74 Å². The average Bonchev–Trinajstić information content (AvgIpc) is 2.90. The van der Waals surface area contributed by atoms with Gasteiger partial charge in [-0.05, 0) is 43.8 Å². The Kier molecular flexibility index (Phi) is 4.84. The van der Waals surface area contributed by atoms with Gasteiger partial charge in [-0.25, -0.2) is 4.98 Å². The summed E-state index contributed by atoms with van der Waals surface area (Å²) < 4.78 is 7.43. The third-order valence-electron chi connectivity index (χ3n) is 3.58. The van der Waals surface area contributed by atoms with E-state index in [0.717, 1.165) is 30.2 Å². The maximum absolute atomic E-state index is 6.01. The molecule has 0 atom stereocenters. The molecule has 0 saturated heterocycles. The molecule has 0 amide bonds. The number of hydrogen-bond donors (Lipinski definition) is 0. The molecular formula is C18H20ClN3O. The molecule has 0 spiro atoms. The van der Waals surface area contributed by atoms with Gasteiger partial charge >= 0.3 is 0 Å². The van der Waals surface area contributed by atoms with Crippen molar-refractivity contribution in [3.05, 3.63) is 65.1 Å². The molecule has 3 aromatic rings. The number of benzene rings is 1. The van der Waals surface area contributed by atoms with Crippen LogP contribution in [0.3, 0.4) is 0 Å². The smallest absolute Gasteiger partial charge is 0.137 e. The van der Waals surface area contributed by atoms with E-state index in [-0.39, 0.29) is 0 Å². The van der Waals surface area contributed by atoms with Crippen molar-refractivity contribution in [2.24, 2.45) is 0 Å². The van der Waals surface area contributed by atoms with Crippen molar-refractivity contribution in [2.75, 3.05) is 13.7 Å². The molecule has 0 aliphatic carbocycles. The standard InChI is InChI=1S/C18H20ClN3O/c1-3-23-17-7-4-14(5-8-17)10-21(2)12-16-13-22-11-15(19)6-9-18(22)20-16/h4-9,11,13H,3,10,12H2,1-2H3. The van der Waals surface area contributed by atoms with Gasteiger partial charge in [0.15, 0.2) is 0 Å². The number of fused-ring (bicyclic) bond motifs is 1. The van der Waals surface area contributed by atoms with Crippen molar-refractivity contribution in [3.8, 4) is 5.75 Å². The zero-order chi connectivity index (χ0) is 16.2. The van der Waals surface area contributed by atoms with Crippen LogP contribution in [0.15, 0.2) is 48.8 Å². The molecule has 0 aliphatic heterocycles. The zero-order valence-corrected chi connectivity index (χ0v) is 14.1. The van der Waals surface area contributed by atoms with Gasteiger partial charge in [0.05, 0.1) is 17.3 Å². The number of pyridine rings is 1. The first-order valence-corrected chi connectivity index (χ1v) is 8.05. The Morgan fingerprint density at radius 3 is 2.61 bits per heavy atom. The molecule has 0 N–H and O–H groups in total. The molecule has 4 nitrogen and oxygen atoms in total. The summed E-state index contributed by atoms with van der Waals surface area (Å²) in [5.41, 5.74) is 3.20. The third kappa shape index (κ3) is 4.03. The topological polar surface area (TPSA) is 29.8 Å². The summed E-state index contributed by atoms with van der Waals surface area (Å²) in [5.74, 6) is 0.913. The maximum Gasteiger partial charge on any atom is 0.137 e. The monoisotopic (exact) mass is 329 g/mol. The summed E-state index contributed by atoms with van der Waals surface area (Å²) in [7, 11) is 2.09. The Labute approximate surface area is 141 Å². The van der Waals surface area contributed by atoms with Crippen LogP contribution in [0.1, 0.15) is 18.2 Å². The molecule has 0 saturated carbocycles. The molecule has 1 aromatic carbocycles. The SMILES string of the molecule is CCOc1ccc(CN(C)Cc2cn3cc(Cl)ccc3n2)cc1. The van der Waals surface area contributed by atoms with Crippen molar-refractivity contribution >= 4 is 17.2 Å². The molecule has 0 fully saturated rings. The molecule has 0 bridgehead atoms. The molecule has 0 unspecified atom stereocenters. The van der Waals surface area contributed by atoms with E-state index in [9.17, 15) is 0 Å². The van der Waals surface area contributed by atoms with E-state index in [0.29, 0.717) is 11.6 Å². The van der Waals surface area contributed by atoms with Gasteiger partial charge in [0.2, 0.25) is 0 Å². The lowest BCUT2D eigenvalue weighted by molar-refractivity contribution is 0.314. The van der Waals surface area contributed by atoms with Crippen LogP contribution in [0.2, 0.25) is 5.02 Å².